The number of rotatable bonds is 6. The number of hydroxylamine groups is 1. The first-order chi connectivity index (χ1) is 13.7. The Kier molecular flexibility index (Phi) is 7.11. The van der Waals surface area contributed by atoms with Crippen molar-refractivity contribution in [1.82, 2.24) is 10.4 Å². The van der Waals surface area contributed by atoms with Gasteiger partial charge in [0, 0.05) is 12.6 Å². The van der Waals surface area contributed by atoms with Gasteiger partial charge in [0.15, 0.2) is 14.6 Å². The van der Waals surface area contributed by atoms with Gasteiger partial charge in [-0.25, -0.2) is 18.7 Å². The SMILES string of the molecule is CC#CCOc1ccc(S(=O)(=O)C2(C(=O)NO)CCN(C(=O)O)C(CC)C2)cc1. The van der Waals surface area contributed by atoms with E-state index in [0.717, 1.165) is 4.90 Å². The molecule has 1 aliphatic rings. The van der Waals surface area contributed by atoms with Gasteiger partial charge in [-0.3, -0.25) is 10.0 Å². The van der Waals surface area contributed by atoms with Crippen LogP contribution in [0.1, 0.15) is 33.1 Å². The molecule has 2 unspecified atom stereocenters. The second kappa shape index (κ2) is 9.15. The number of carbonyl (C=O) groups excluding carboxylic acids is 1. The number of nitrogens with zero attached hydrogens (tertiary/aromatic N) is 1. The van der Waals surface area contributed by atoms with Gasteiger partial charge in [-0.2, -0.15) is 0 Å². The first kappa shape index (κ1) is 22.5. The van der Waals surface area contributed by atoms with Gasteiger partial charge < -0.3 is 14.7 Å². The quantitative estimate of drug-likeness (QED) is 0.359. The van der Waals surface area contributed by atoms with Gasteiger partial charge in [0.2, 0.25) is 0 Å². The van der Waals surface area contributed by atoms with Crippen molar-refractivity contribution in [2.75, 3.05) is 13.2 Å². The molecule has 158 valence electrons. The van der Waals surface area contributed by atoms with E-state index < -0.39 is 32.6 Å². The van der Waals surface area contributed by atoms with Crippen LogP contribution in [0.15, 0.2) is 29.2 Å². The lowest BCUT2D eigenvalue weighted by molar-refractivity contribution is -0.133. The zero-order valence-electron chi connectivity index (χ0n) is 16.2. The van der Waals surface area contributed by atoms with Gasteiger partial charge in [-0.05, 0) is 50.5 Å². The molecule has 29 heavy (non-hydrogen) atoms. The smallest absolute Gasteiger partial charge is 0.407 e. The van der Waals surface area contributed by atoms with Crippen LogP contribution in [0.3, 0.4) is 0 Å². The number of likely N-dealkylation sites (tertiary alicyclic amines) is 1. The summed E-state index contributed by atoms with van der Waals surface area (Å²) in [5.74, 6) is 4.75. The molecule has 0 bridgehead atoms. The van der Waals surface area contributed by atoms with Crippen molar-refractivity contribution in [2.24, 2.45) is 0 Å². The highest BCUT2D eigenvalue weighted by atomic mass is 32.2. The molecule has 1 saturated heterocycles. The van der Waals surface area contributed by atoms with Crippen LogP contribution in [0.4, 0.5) is 4.79 Å². The van der Waals surface area contributed by atoms with Crippen molar-refractivity contribution in [3.63, 3.8) is 0 Å². The zero-order valence-corrected chi connectivity index (χ0v) is 17.0. The normalized spacial score (nSPS) is 21.6. The zero-order chi connectivity index (χ0) is 21.7. The number of carbonyl (C=O) groups is 2. The first-order valence-electron chi connectivity index (χ1n) is 9.04. The molecule has 1 aromatic rings. The maximum absolute atomic E-state index is 13.4. The summed E-state index contributed by atoms with van der Waals surface area (Å²) < 4.78 is 30.2. The molecule has 2 amide bonds. The van der Waals surface area contributed by atoms with E-state index >= 15 is 0 Å². The molecule has 10 heteroatoms. The highest BCUT2D eigenvalue weighted by Gasteiger charge is 2.55. The van der Waals surface area contributed by atoms with Crippen molar-refractivity contribution < 1.29 is 33.1 Å². The molecule has 0 aromatic heterocycles. The van der Waals surface area contributed by atoms with E-state index in [4.69, 9.17) is 4.74 Å². The third-order valence-electron chi connectivity index (χ3n) is 5.13. The van der Waals surface area contributed by atoms with E-state index in [9.17, 15) is 28.3 Å². The lowest BCUT2D eigenvalue weighted by atomic mass is 9.88. The molecule has 9 nitrogen and oxygen atoms in total. The summed E-state index contributed by atoms with van der Waals surface area (Å²) in [6, 6.07) is 4.88. The predicted molar refractivity (Wildman–Crippen MR) is 103 cm³/mol. The molecular weight excluding hydrogens is 400 g/mol. The summed E-state index contributed by atoms with van der Waals surface area (Å²) in [6.45, 7) is 3.40. The molecule has 1 fully saturated rings. The first-order valence-corrected chi connectivity index (χ1v) is 10.5. The fraction of sp³-hybridized carbons (Fsp3) is 0.474. The molecule has 3 N–H and O–H groups in total. The summed E-state index contributed by atoms with van der Waals surface area (Å²) in [6.07, 6.45) is -1.37. The third kappa shape index (κ3) is 4.31. The van der Waals surface area contributed by atoms with Crippen molar-refractivity contribution in [3.05, 3.63) is 24.3 Å². The topological polar surface area (TPSA) is 133 Å². The number of benzene rings is 1. The number of hydrogen-bond acceptors (Lipinski definition) is 6. The summed E-state index contributed by atoms with van der Waals surface area (Å²) in [7, 11) is -4.24. The molecule has 0 aliphatic carbocycles. The largest absolute Gasteiger partial charge is 0.481 e. The second-order valence-electron chi connectivity index (χ2n) is 6.62. The van der Waals surface area contributed by atoms with Gasteiger partial charge in [0.25, 0.3) is 5.91 Å². The number of nitrogens with one attached hydrogen (secondary N) is 1. The van der Waals surface area contributed by atoms with Crippen molar-refractivity contribution in [2.45, 2.75) is 48.8 Å². The molecule has 1 aliphatic heterocycles. The summed E-state index contributed by atoms with van der Waals surface area (Å²) in [4.78, 5) is 25.0. The van der Waals surface area contributed by atoms with E-state index in [-0.39, 0.29) is 30.9 Å². The average Bonchev–Trinajstić information content (AvgIpc) is 2.72. The van der Waals surface area contributed by atoms with E-state index in [0.29, 0.717) is 12.2 Å². The monoisotopic (exact) mass is 424 g/mol. The Hall–Kier alpha value is -2.77. The maximum atomic E-state index is 13.4. The Balaban J connectivity index is 2.42. The predicted octanol–water partition coefficient (Wildman–Crippen LogP) is 1.66. The lowest BCUT2D eigenvalue weighted by Gasteiger charge is -2.43. The van der Waals surface area contributed by atoms with E-state index in [1.165, 1.54) is 29.7 Å². The number of ether oxygens (including phenoxy) is 1. The Labute approximate surface area is 169 Å². The number of amides is 2. The molecule has 2 atom stereocenters. The molecule has 0 saturated carbocycles. The van der Waals surface area contributed by atoms with Crippen LogP contribution < -0.4 is 10.2 Å². The van der Waals surface area contributed by atoms with Crippen LogP contribution in [0, 0.1) is 11.8 Å². The molecule has 1 heterocycles. The highest BCUT2D eigenvalue weighted by Crippen LogP contribution is 2.39. The van der Waals surface area contributed by atoms with Gasteiger partial charge in [0.1, 0.15) is 12.4 Å². The highest BCUT2D eigenvalue weighted by molar-refractivity contribution is 7.93. The standard InChI is InChI=1S/C19H24N2O7S/c1-3-5-12-28-15-6-8-16(9-7-15)29(26,27)19(17(22)20-25)10-11-21(18(23)24)14(4-2)13-19/h6-9,14,25H,4,10-13H2,1-2H3,(H,20,22)(H,23,24). The van der Waals surface area contributed by atoms with Crippen LogP contribution >= 0.6 is 0 Å². The fourth-order valence-electron chi connectivity index (χ4n) is 3.50. The van der Waals surface area contributed by atoms with E-state index in [1.54, 1.807) is 13.8 Å². The van der Waals surface area contributed by atoms with Crippen LogP contribution in [0.2, 0.25) is 0 Å². The molecule has 1 aromatic carbocycles. The summed E-state index contributed by atoms with van der Waals surface area (Å²) in [5.41, 5.74) is 1.46. The number of hydrogen-bond donors (Lipinski definition) is 3. The minimum absolute atomic E-state index is 0.117. The fourth-order valence-corrected chi connectivity index (χ4v) is 5.51. The molecule has 0 spiro atoms. The number of piperidine rings is 1. The minimum atomic E-state index is -4.24. The minimum Gasteiger partial charge on any atom is -0.481 e. The van der Waals surface area contributed by atoms with Crippen LogP contribution in [-0.4, -0.2) is 59.6 Å². The number of sulfone groups is 1. The average molecular weight is 424 g/mol. The van der Waals surface area contributed by atoms with Gasteiger partial charge in [0.05, 0.1) is 4.90 Å². The van der Waals surface area contributed by atoms with Crippen LogP contribution in [-0.2, 0) is 14.6 Å². The molecule has 0 radical (unpaired) electrons. The van der Waals surface area contributed by atoms with Crippen molar-refractivity contribution in [1.29, 1.82) is 0 Å². The second-order valence-corrected chi connectivity index (χ2v) is 8.88. The Bertz CT molecular complexity index is 918. The lowest BCUT2D eigenvalue weighted by Crippen LogP contribution is -2.61. The Morgan fingerprint density at radius 3 is 2.52 bits per heavy atom. The van der Waals surface area contributed by atoms with Crippen LogP contribution in [0.25, 0.3) is 0 Å². The summed E-state index contributed by atoms with van der Waals surface area (Å²) >= 11 is 0. The third-order valence-corrected chi connectivity index (χ3v) is 7.61. The molecule has 2 rings (SSSR count). The summed E-state index contributed by atoms with van der Waals surface area (Å²) in [5, 5.41) is 18.6. The Morgan fingerprint density at radius 1 is 1.34 bits per heavy atom. The van der Waals surface area contributed by atoms with Gasteiger partial charge in [-0.15, -0.1) is 5.92 Å². The van der Waals surface area contributed by atoms with E-state index in [2.05, 4.69) is 11.8 Å². The Morgan fingerprint density at radius 2 is 2.00 bits per heavy atom. The number of carboxylic acid groups (broad SMARTS) is 1. The van der Waals surface area contributed by atoms with Crippen LogP contribution in [0.5, 0.6) is 5.75 Å². The van der Waals surface area contributed by atoms with Crippen molar-refractivity contribution >= 4 is 21.8 Å². The maximum Gasteiger partial charge on any atom is 0.407 e. The van der Waals surface area contributed by atoms with Gasteiger partial charge in [-0.1, -0.05) is 12.8 Å². The van der Waals surface area contributed by atoms with Crippen molar-refractivity contribution in [3.8, 4) is 17.6 Å². The molecular formula is C19H24N2O7S. The van der Waals surface area contributed by atoms with Gasteiger partial charge >= 0.3 is 6.09 Å². The van der Waals surface area contributed by atoms with E-state index in [1.807, 2.05) is 0 Å².